The highest BCUT2D eigenvalue weighted by Crippen LogP contribution is 2.32. The molecule has 0 aliphatic heterocycles. The minimum Gasteiger partial charge on any atom is -0.530 e. The molecule has 1 aromatic rings. The SMILES string of the molecule is CC(=O)Nc1cc(C)c(N(C)C(=O)[O-])c(Cl)c1. The van der Waals surface area contributed by atoms with Crippen molar-refractivity contribution >= 4 is 35.0 Å². The second-order valence-electron chi connectivity index (χ2n) is 3.63. The Labute approximate surface area is 104 Å². The fourth-order valence-corrected chi connectivity index (χ4v) is 1.92. The van der Waals surface area contributed by atoms with E-state index in [-0.39, 0.29) is 10.9 Å². The van der Waals surface area contributed by atoms with Crippen LogP contribution in [0, 0.1) is 6.92 Å². The van der Waals surface area contributed by atoms with Crippen molar-refractivity contribution in [2.45, 2.75) is 13.8 Å². The number of amides is 2. The lowest BCUT2D eigenvalue weighted by atomic mass is 10.1. The summed E-state index contributed by atoms with van der Waals surface area (Å²) in [6, 6.07) is 3.13. The molecule has 0 unspecified atom stereocenters. The second-order valence-corrected chi connectivity index (χ2v) is 4.04. The number of aryl methyl sites for hydroxylation is 1. The largest absolute Gasteiger partial charge is 0.530 e. The van der Waals surface area contributed by atoms with Crippen LogP contribution in [0.5, 0.6) is 0 Å². The molecule has 1 aromatic carbocycles. The molecule has 0 saturated heterocycles. The second kappa shape index (κ2) is 5.05. The minimum absolute atomic E-state index is 0.221. The van der Waals surface area contributed by atoms with Crippen LogP contribution in [-0.4, -0.2) is 19.0 Å². The fourth-order valence-electron chi connectivity index (χ4n) is 1.53. The van der Waals surface area contributed by atoms with Crippen LogP contribution >= 0.6 is 11.6 Å². The van der Waals surface area contributed by atoms with E-state index in [4.69, 9.17) is 11.6 Å². The van der Waals surface area contributed by atoms with E-state index in [1.54, 1.807) is 13.0 Å². The number of rotatable bonds is 2. The number of hydrogen-bond donors (Lipinski definition) is 1. The Morgan fingerprint density at radius 1 is 1.41 bits per heavy atom. The fraction of sp³-hybridized carbons (Fsp3) is 0.273. The van der Waals surface area contributed by atoms with Gasteiger partial charge < -0.3 is 20.1 Å². The highest BCUT2D eigenvalue weighted by molar-refractivity contribution is 6.34. The molecule has 0 aliphatic rings. The molecule has 1 N–H and O–H groups in total. The average Bonchev–Trinajstić information content (AvgIpc) is 2.14. The van der Waals surface area contributed by atoms with Crippen LogP contribution in [0.15, 0.2) is 12.1 Å². The molecule has 92 valence electrons. The smallest absolute Gasteiger partial charge is 0.221 e. The van der Waals surface area contributed by atoms with Crippen LogP contribution in [0.4, 0.5) is 16.2 Å². The first-order chi connectivity index (χ1) is 7.82. The normalized spacial score (nSPS) is 9.88. The Balaban J connectivity index is 3.19. The maximum Gasteiger partial charge on any atom is 0.221 e. The van der Waals surface area contributed by atoms with Gasteiger partial charge in [-0.25, -0.2) is 0 Å². The number of carboxylic acid groups (broad SMARTS) is 1. The topological polar surface area (TPSA) is 72.5 Å². The Morgan fingerprint density at radius 3 is 2.41 bits per heavy atom. The molecule has 0 spiro atoms. The van der Waals surface area contributed by atoms with Gasteiger partial charge in [-0.2, -0.15) is 0 Å². The molecule has 0 atom stereocenters. The molecular formula is C11H12ClN2O3-. The van der Waals surface area contributed by atoms with Crippen LogP contribution < -0.4 is 15.3 Å². The van der Waals surface area contributed by atoms with Gasteiger partial charge in [-0.15, -0.1) is 0 Å². The molecular weight excluding hydrogens is 244 g/mol. The molecule has 1 rings (SSSR count). The molecule has 0 saturated carbocycles. The third-order valence-corrected chi connectivity index (χ3v) is 2.47. The summed E-state index contributed by atoms with van der Waals surface area (Å²) < 4.78 is 0. The maximum absolute atomic E-state index is 10.9. The quantitative estimate of drug-likeness (QED) is 0.868. The maximum atomic E-state index is 10.9. The van der Waals surface area contributed by atoms with Crippen molar-refractivity contribution in [3.8, 4) is 0 Å². The molecule has 0 radical (unpaired) electrons. The van der Waals surface area contributed by atoms with Gasteiger partial charge in [-0.3, -0.25) is 4.79 Å². The van der Waals surface area contributed by atoms with E-state index in [1.807, 2.05) is 0 Å². The summed E-state index contributed by atoms with van der Waals surface area (Å²) in [5, 5.41) is 13.6. The van der Waals surface area contributed by atoms with E-state index in [0.29, 0.717) is 16.9 Å². The number of carbonyl (C=O) groups is 2. The lowest BCUT2D eigenvalue weighted by molar-refractivity contribution is -0.246. The Kier molecular flexibility index (Phi) is 3.96. The van der Waals surface area contributed by atoms with Crippen molar-refractivity contribution in [2.75, 3.05) is 17.3 Å². The highest BCUT2D eigenvalue weighted by atomic mass is 35.5. The third-order valence-electron chi connectivity index (χ3n) is 2.18. The van der Waals surface area contributed by atoms with Gasteiger partial charge in [0.2, 0.25) is 5.91 Å². The number of halogens is 1. The van der Waals surface area contributed by atoms with Crippen molar-refractivity contribution in [3.05, 3.63) is 22.7 Å². The molecule has 0 aliphatic carbocycles. The van der Waals surface area contributed by atoms with E-state index < -0.39 is 6.09 Å². The van der Waals surface area contributed by atoms with Crippen LogP contribution in [0.1, 0.15) is 12.5 Å². The van der Waals surface area contributed by atoms with Crippen LogP contribution in [0.2, 0.25) is 5.02 Å². The standard InChI is InChI=1S/C11H13ClN2O3/c1-6-4-8(13-7(2)15)5-9(12)10(6)14(3)11(16)17/h4-5H,1-3H3,(H,13,15)(H,16,17)/p-1. The van der Waals surface area contributed by atoms with Gasteiger partial charge in [-0.05, 0) is 24.6 Å². The highest BCUT2D eigenvalue weighted by Gasteiger charge is 2.12. The lowest BCUT2D eigenvalue weighted by Gasteiger charge is -2.23. The van der Waals surface area contributed by atoms with E-state index >= 15 is 0 Å². The van der Waals surface area contributed by atoms with E-state index in [2.05, 4.69) is 5.32 Å². The number of hydrogen-bond acceptors (Lipinski definition) is 3. The minimum atomic E-state index is -1.35. The van der Waals surface area contributed by atoms with Crippen molar-refractivity contribution in [3.63, 3.8) is 0 Å². The number of benzene rings is 1. The van der Waals surface area contributed by atoms with Crippen LogP contribution in [0.3, 0.4) is 0 Å². The van der Waals surface area contributed by atoms with Gasteiger partial charge in [0.05, 0.1) is 10.7 Å². The summed E-state index contributed by atoms with van der Waals surface area (Å²) in [6.45, 7) is 3.08. The van der Waals surface area contributed by atoms with Crippen molar-refractivity contribution < 1.29 is 14.7 Å². The summed E-state index contributed by atoms with van der Waals surface area (Å²) in [5.41, 5.74) is 1.50. The van der Waals surface area contributed by atoms with Gasteiger partial charge in [0.1, 0.15) is 6.09 Å². The van der Waals surface area contributed by atoms with E-state index in [9.17, 15) is 14.7 Å². The van der Waals surface area contributed by atoms with Gasteiger partial charge in [0.15, 0.2) is 0 Å². The first-order valence-electron chi connectivity index (χ1n) is 4.85. The van der Waals surface area contributed by atoms with Crippen molar-refractivity contribution in [1.82, 2.24) is 0 Å². The molecule has 5 nitrogen and oxygen atoms in total. The van der Waals surface area contributed by atoms with Gasteiger partial charge in [-0.1, -0.05) is 11.6 Å². The third kappa shape index (κ3) is 3.10. The average molecular weight is 256 g/mol. The van der Waals surface area contributed by atoms with Gasteiger partial charge in [0.25, 0.3) is 0 Å². The molecule has 0 heterocycles. The Morgan fingerprint density at radius 2 is 2.00 bits per heavy atom. The molecule has 6 heteroatoms. The number of nitrogens with one attached hydrogen (secondary N) is 1. The summed E-state index contributed by atoms with van der Waals surface area (Å²) in [7, 11) is 1.35. The molecule has 0 bridgehead atoms. The first-order valence-corrected chi connectivity index (χ1v) is 5.23. The van der Waals surface area contributed by atoms with Crippen LogP contribution in [-0.2, 0) is 4.79 Å². The predicted octanol–water partition coefficient (Wildman–Crippen LogP) is 1.39. The number of nitrogens with zero attached hydrogens (tertiary/aromatic N) is 1. The Hall–Kier alpha value is -1.75. The summed E-state index contributed by atoms with van der Waals surface area (Å²) in [4.78, 5) is 22.6. The summed E-state index contributed by atoms with van der Waals surface area (Å²) in [6.07, 6.45) is -1.35. The molecule has 17 heavy (non-hydrogen) atoms. The first kappa shape index (κ1) is 13.3. The number of carbonyl (C=O) groups excluding carboxylic acids is 2. The zero-order valence-corrected chi connectivity index (χ0v) is 10.5. The summed E-state index contributed by atoms with van der Waals surface area (Å²) >= 11 is 5.97. The molecule has 0 fully saturated rings. The zero-order chi connectivity index (χ0) is 13.2. The van der Waals surface area contributed by atoms with Crippen molar-refractivity contribution in [2.24, 2.45) is 0 Å². The van der Waals surface area contributed by atoms with Gasteiger partial charge in [0, 0.05) is 19.7 Å². The van der Waals surface area contributed by atoms with E-state index in [0.717, 1.165) is 4.90 Å². The van der Waals surface area contributed by atoms with E-state index in [1.165, 1.54) is 20.0 Å². The molecule has 0 aromatic heterocycles. The summed E-state index contributed by atoms with van der Waals surface area (Å²) in [5.74, 6) is -0.221. The Bertz CT molecular complexity index is 451. The molecule has 2 amide bonds. The number of anilines is 2. The zero-order valence-electron chi connectivity index (χ0n) is 9.70. The predicted molar refractivity (Wildman–Crippen MR) is 64.3 cm³/mol. The van der Waals surface area contributed by atoms with Crippen molar-refractivity contribution in [1.29, 1.82) is 0 Å². The van der Waals surface area contributed by atoms with Gasteiger partial charge >= 0.3 is 0 Å². The monoisotopic (exact) mass is 255 g/mol. The lowest BCUT2D eigenvalue weighted by Crippen LogP contribution is -2.38. The van der Waals surface area contributed by atoms with Crippen LogP contribution in [0.25, 0.3) is 0 Å².